The van der Waals surface area contributed by atoms with E-state index in [0.717, 1.165) is 48.3 Å². The molecule has 0 saturated carbocycles. The number of unbranched alkanes of at least 4 members (excludes halogenated alkanes) is 3. The molecule has 0 spiro atoms. The zero-order valence-electron chi connectivity index (χ0n) is 18.9. The average molecular weight is 465 g/mol. The van der Waals surface area contributed by atoms with E-state index >= 15 is 0 Å². The first-order chi connectivity index (χ1) is 16.5. The summed E-state index contributed by atoms with van der Waals surface area (Å²) in [5.41, 5.74) is 1.65. The van der Waals surface area contributed by atoms with E-state index < -0.39 is 11.8 Å². The van der Waals surface area contributed by atoms with E-state index in [-0.39, 0.29) is 36.5 Å². The van der Waals surface area contributed by atoms with Gasteiger partial charge in [0.05, 0.1) is 25.0 Å². The molecule has 2 N–H and O–H groups in total. The normalized spacial score (nSPS) is 19.8. The van der Waals surface area contributed by atoms with Gasteiger partial charge in [0.25, 0.3) is 0 Å². The minimum atomic E-state index is -0.402. The van der Waals surface area contributed by atoms with Crippen LogP contribution in [0.4, 0.5) is 0 Å². The summed E-state index contributed by atoms with van der Waals surface area (Å²) in [5, 5.41) is 4.65. The molecule has 2 atom stereocenters. The standard InChI is InChI=1S/C26H28N2O6/c29-23-15-21(25(31)27-23)17-5-9-19(10-6-17)33-13-3-1-2-4-14-34-20-11-7-18(8-12-20)22-16-24(30)28-26(22)32/h5-12,21-22H,1-4,13-16H2,(H,27,29,31)(H,28,30,32)/t21-,22+. The monoisotopic (exact) mass is 464 g/mol. The highest BCUT2D eigenvalue weighted by atomic mass is 16.5. The van der Waals surface area contributed by atoms with Crippen molar-refractivity contribution in [2.45, 2.75) is 50.4 Å². The number of benzene rings is 2. The van der Waals surface area contributed by atoms with Gasteiger partial charge in [0.1, 0.15) is 11.5 Å². The second-order valence-electron chi connectivity index (χ2n) is 8.59. The number of rotatable bonds is 11. The van der Waals surface area contributed by atoms with Gasteiger partial charge in [-0.25, -0.2) is 0 Å². The predicted octanol–water partition coefficient (Wildman–Crippen LogP) is 2.97. The van der Waals surface area contributed by atoms with Crippen LogP contribution in [0.3, 0.4) is 0 Å². The Bertz CT molecular complexity index is 962. The Balaban J connectivity index is 1.07. The quantitative estimate of drug-likeness (QED) is 0.391. The molecule has 4 rings (SSSR count). The van der Waals surface area contributed by atoms with Crippen molar-refractivity contribution in [1.29, 1.82) is 0 Å². The van der Waals surface area contributed by atoms with Crippen molar-refractivity contribution >= 4 is 23.6 Å². The number of carbonyl (C=O) groups is 4. The van der Waals surface area contributed by atoms with Crippen LogP contribution in [0.15, 0.2) is 48.5 Å². The molecule has 8 heteroatoms. The van der Waals surface area contributed by atoms with Gasteiger partial charge in [0.15, 0.2) is 0 Å². The Hall–Kier alpha value is -3.68. The third-order valence-electron chi connectivity index (χ3n) is 6.08. The lowest BCUT2D eigenvalue weighted by Gasteiger charge is -2.10. The van der Waals surface area contributed by atoms with Crippen LogP contribution >= 0.6 is 0 Å². The molecule has 2 aromatic carbocycles. The zero-order valence-corrected chi connectivity index (χ0v) is 18.9. The molecule has 2 aromatic rings. The van der Waals surface area contributed by atoms with Gasteiger partial charge in [-0.1, -0.05) is 24.3 Å². The van der Waals surface area contributed by atoms with E-state index in [1.54, 1.807) is 0 Å². The lowest BCUT2D eigenvalue weighted by molar-refractivity contribution is -0.126. The second kappa shape index (κ2) is 11.0. The van der Waals surface area contributed by atoms with E-state index in [0.29, 0.717) is 13.2 Å². The average Bonchev–Trinajstić information content (AvgIpc) is 3.35. The highest BCUT2D eigenvalue weighted by Gasteiger charge is 2.32. The fraction of sp³-hybridized carbons (Fsp3) is 0.385. The molecular weight excluding hydrogens is 436 g/mol. The fourth-order valence-electron chi connectivity index (χ4n) is 4.18. The summed E-state index contributed by atoms with van der Waals surface area (Å²) in [4.78, 5) is 46.2. The van der Waals surface area contributed by atoms with Crippen molar-refractivity contribution in [3.05, 3.63) is 59.7 Å². The first-order valence-electron chi connectivity index (χ1n) is 11.6. The topological polar surface area (TPSA) is 111 Å². The molecule has 2 saturated heterocycles. The van der Waals surface area contributed by atoms with Crippen molar-refractivity contribution in [1.82, 2.24) is 10.6 Å². The van der Waals surface area contributed by atoms with E-state index in [1.807, 2.05) is 48.5 Å². The molecule has 0 bridgehead atoms. The molecule has 178 valence electrons. The van der Waals surface area contributed by atoms with Gasteiger partial charge in [0.2, 0.25) is 23.6 Å². The Morgan fingerprint density at radius 1 is 0.588 bits per heavy atom. The molecule has 8 nitrogen and oxygen atoms in total. The molecule has 2 aliphatic rings. The van der Waals surface area contributed by atoms with Crippen molar-refractivity contribution in [3.63, 3.8) is 0 Å². The number of hydrogen-bond acceptors (Lipinski definition) is 6. The largest absolute Gasteiger partial charge is 0.494 e. The smallest absolute Gasteiger partial charge is 0.234 e. The fourth-order valence-corrected chi connectivity index (χ4v) is 4.18. The zero-order chi connectivity index (χ0) is 23.9. The number of ether oxygens (including phenoxy) is 2. The first kappa shape index (κ1) is 23.5. The molecule has 4 amide bonds. The maximum Gasteiger partial charge on any atom is 0.234 e. The highest BCUT2D eigenvalue weighted by molar-refractivity contribution is 6.06. The maximum absolute atomic E-state index is 11.8. The predicted molar refractivity (Wildman–Crippen MR) is 123 cm³/mol. The van der Waals surface area contributed by atoms with Gasteiger partial charge < -0.3 is 9.47 Å². The number of hydrogen-bond donors (Lipinski definition) is 2. The summed E-state index contributed by atoms with van der Waals surface area (Å²) in [7, 11) is 0. The van der Waals surface area contributed by atoms with Gasteiger partial charge >= 0.3 is 0 Å². The molecular formula is C26H28N2O6. The Kier molecular flexibility index (Phi) is 7.57. The van der Waals surface area contributed by atoms with Crippen LogP contribution in [0.2, 0.25) is 0 Å². The molecule has 0 radical (unpaired) electrons. The summed E-state index contributed by atoms with van der Waals surface area (Å²) in [6.07, 6.45) is 4.31. The van der Waals surface area contributed by atoms with E-state index in [2.05, 4.69) is 10.6 Å². The van der Waals surface area contributed by atoms with E-state index in [9.17, 15) is 19.2 Å². The minimum absolute atomic E-state index is 0.204. The van der Waals surface area contributed by atoms with Gasteiger partial charge in [-0.05, 0) is 61.1 Å². The van der Waals surface area contributed by atoms with Crippen LogP contribution in [0.25, 0.3) is 0 Å². The summed E-state index contributed by atoms with van der Waals surface area (Å²) in [6, 6.07) is 14.7. The van der Waals surface area contributed by atoms with Crippen LogP contribution in [0.5, 0.6) is 11.5 Å². The molecule has 0 aromatic heterocycles. The Morgan fingerprint density at radius 2 is 0.971 bits per heavy atom. The summed E-state index contributed by atoms with van der Waals surface area (Å²) >= 11 is 0. The molecule has 0 unspecified atom stereocenters. The summed E-state index contributed by atoms with van der Waals surface area (Å²) in [6.45, 7) is 1.22. The van der Waals surface area contributed by atoms with E-state index in [1.165, 1.54) is 0 Å². The van der Waals surface area contributed by atoms with Gasteiger partial charge in [-0.3, -0.25) is 29.8 Å². The number of imide groups is 2. The number of amides is 4. The van der Waals surface area contributed by atoms with Crippen LogP contribution in [0.1, 0.15) is 61.5 Å². The number of nitrogens with one attached hydrogen (secondary N) is 2. The van der Waals surface area contributed by atoms with E-state index in [4.69, 9.17) is 9.47 Å². The van der Waals surface area contributed by atoms with Crippen molar-refractivity contribution in [2.24, 2.45) is 0 Å². The number of carbonyl (C=O) groups excluding carboxylic acids is 4. The van der Waals surface area contributed by atoms with Crippen molar-refractivity contribution in [2.75, 3.05) is 13.2 Å². The Morgan fingerprint density at radius 3 is 1.29 bits per heavy atom. The van der Waals surface area contributed by atoms with Crippen LogP contribution in [-0.4, -0.2) is 36.8 Å². The first-order valence-corrected chi connectivity index (χ1v) is 11.6. The lowest BCUT2D eigenvalue weighted by atomic mass is 9.98. The van der Waals surface area contributed by atoms with Gasteiger partial charge in [0, 0.05) is 12.8 Å². The third-order valence-corrected chi connectivity index (χ3v) is 6.08. The van der Waals surface area contributed by atoms with Crippen molar-refractivity contribution < 1.29 is 28.7 Å². The van der Waals surface area contributed by atoms with Crippen LogP contribution in [0, 0.1) is 0 Å². The second-order valence-corrected chi connectivity index (χ2v) is 8.59. The SMILES string of the molecule is O=C1C[C@@H](c2ccc(OCCCCCCOc3ccc([C@H]4CC(=O)NC4=O)cc3)cc2)C(=O)N1. The molecule has 34 heavy (non-hydrogen) atoms. The Labute approximate surface area is 198 Å². The van der Waals surface area contributed by atoms with Gasteiger partial charge in [-0.15, -0.1) is 0 Å². The molecule has 2 heterocycles. The summed E-state index contributed by atoms with van der Waals surface area (Å²) < 4.78 is 11.5. The van der Waals surface area contributed by atoms with Gasteiger partial charge in [-0.2, -0.15) is 0 Å². The molecule has 2 aliphatic heterocycles. The highest BCUT2D eigenvalue weighted by Crippen LogP contribution is 2.27. The minimum Gasteiger partial charge on any atom is -0.494 e. The third kappa shape index (κ3) is 6.01. The maximum atomic E-state index is 11.8. The molecule has 0 aliphatic carbocycles. The van der Waals surface area contributed by atoms with Crippen LogP contribution < -0.4 is 20.1 Å². The van der Waals surface area contributed by atoms with Crippen molar-refractivity contribution in [3.8, 4) is 11.5 Å². The van der Waals surface area contributed by atoms with Crippen LogP contribution in [-0.2, 0) is 19.2 Å². The molecule has 2 fully saturated rings. The lowest BCUT2D eigenvalue weighted by Crippen LogP contribution is -2.21. The summed E-state index contributed by atoms with van der Waals surface area (Å²) in [5.74, 6) is -0.244.